The van der Waals surface area contributed by atoms with Crippen LogP contribution in [0.25, 0.3) is 0 Å². The average Bonchev–Trinajstić information content (AvgIpc) is 2.40. The maximum Gasteiger partial charge on any atom is 0.326 e. The van der Waals surface area contributed by atoms with Gasteiger partial charge in [-0.2, -0.15) is 0 Å². The van der Waals surface area contributed by atoms with Crippen molar-refractivity contribution in [3.63, 3.8) is 0 Å². The van der Waals surface area contributed by atoms with Gasteiger partial charge in [-0.1, -0.05) is 13.3 Å². The van der Waals surface area contributed by atoms with Crippen LogP contribution in [0.3, 0.4) is 0 Å². The second-order valence-corrected chi connectivity index (χ2v) is 4.09. The van der Waals surface area contributed by atoms with Crippen molar-refractivity contribution in [1.29, 1.82) is 0 Å². The first-order valence-electron chi connectivity index (χ1n) is 5.98. The van der Waals surface area contributed by atoms with Crippen LogP contribution in [0.2, 0.25) is 0 Å². The normalized spacial score (nSPS) is 11.8. The van der Waals surface area contributed by atoms with E-state index in [4.69, 9.17) is 5.11 Å². The van der Waals surface area contributed by atoms with Crippen molar-refractivity contribution in [3.8, 4) is 5.75 Å². The number of rotatable bonds is 6. The molecule has 5 nitrogen and oxygen atoms in total. The molecule has 2 N–H and O–H groups in total. The molecular weight excluding hydrogens is 272 g/mol. The van der Waals surface area contributed by atoms with E-state index < -0.39 is 40.9 Å². The topological polar surface area (TPSA) is 75.6 Å². The summed E-state index contributed by atoms with van der Waals surface area (Å²) in [6.07, 6.45) is 0.695. The second-order valence-electron chi connectivity index (χ2n) is 4.09. The zero-order valence-electron chi connectivity index (χ0n) is 11.1. The summed E-state index contributed by atoms with van der Waals surface area (Å²) in [7, 11) is 1.09. The molecule has 20 heavy (non-hydrogen) atoms. The predicted molar refractivity (Wildman–Crippen MR) is 66.7 cm³/mol. The molecule has 1 aromatic carbocycles. The lowest BCUT2D eigenvalue weighted by Gasteiger charge is -2.15. The molecule has 1 atom stereocenters. The third-order valence-electron chi connectivity index (χ3n) is 2.67. The van der Waals surface area contributed by atoms with Gasteiger partial charge in [0.1, 0.15) is 17.4 Å². The Kier molecular flexibility index (Phi) is 5.42. The minimum absolute atomic E-state index is 0.181. The molecule has 110 valence electrons. The van der Waals surface area contributed by atoms with Crippen LogP contribution in [0.1, 0.15) is 30.1 Å². The highest BCUT2D eigenvalue weighted by Crippen LogP contribution is 2.25. The first kappa shape index (κ1) is 15.9. The van der Waals surface area contributed by atoms with E-state index in [0.717, 1.165) is 19.2 Å². The van der Waals surface area contributed by atoms with Crippen LogP contribution in [0.4, 0.5) is 8.78 Å². The first-order valence-corrected chi connectivity index (χ1v) is 5.98. The van der Waals surface area contributed by atoms with Crippen molar-refractivity contribution in [2.24, 2.45) is 0 Å². The number of carbonyl (C=O) groups excluding carboxylic acids is 1. The summed E-state index contributed by atoms with van der Waals surface area (Å²) in [5.74, 6) is -4.71. The summed E-state index contributed by atoms with van der Waals surface area (Å²) in [6.45, 7) is 1.74. The molecule has 0 aliphatic rings. The third-order valence-corrected chi connectivity index (χ3v) is 2.67. The van der Waals surface area contributed by atoms with E-state index in [1.165, 1.54) is 0 Å². The number of nitrogens with one attached hydrogen (secondary N) is 1. The molecule has 7 heteroatoms. The number of ether oxygens (including phenoxy) is 1. The van der Waals surface area contributed by atoms with Crippen LogP contribution in [0, 0.1) is 11.6 Å². The first-order chi connectivity index (χ1) is 9.42. The van der Waals surface area contributed by atoms with E-state index in [9.17, 15) is 18.4 Å². The number of halogens is 2. The molecule has 0 radical (unpaired) electrons. The second kappa shape index (κ2) is 6.83. The average molecular weight is 287 g/mol. The number of carbonyl (C=O) groups is 2. The molecule has 1 aromatic rings. The Morgan fingerprint density at radius 2 is 1.95 bits per heavy atom. The van der Waals surface area contributed by atoms with Gasteiger partial charge in [-0.25, -0.2) is 13.6 Å². The minimum atomic E-state index is -1.24. The summed E-state index contributed by atoms with van der Waals surface area (Å²) >= 11 is 0. The van der Waals surface area contributed by atoms with E-state index in [2.05, 4.69) is 10.1 Å². The number of hydrogen-bond acceptors (Lipinski definition) is 3. The largest absolute Gasteiger partial charge is 0.493 e. The molecule has 0 spiro atoms. The quantitative estimate of drug-likeness (QED) is 0.838. The van der Waals surface area contributed by atoms with Crippen molar-refractivity contribution in [2.75, 3.05) is 7.11 Å². The van der Waals surface area contributed by atoms with E-state index in [-0.39, 0.29) is 6.42 Å². The van der Waals surface area contributed by atoms with Gasteiger partial charge < -0.3 is 15.2 Å². The van der Waals surface area contributed by atoms with Gasteiger partial charge >= 0.3 is 5.97 Å². The monoisotopic (exact) mass is 287 g/mol. The van der Waals surface area contributed by atoms with Gasteiger partial charge in [-0.3, -0.25) is 4.79 Å². The third kappa shape index (κ3) is 3.43. The highest BCUT2D eigenvalue weighted by Gasteiger charge is 2.25. The van der Waals surface area contributed by atoms with Gasteiger partial charge in [0.15, 0.2) is 11.6 Å². The van der Waals surface area contributed by atoms with Gasteiger partial charge in [0.2, 0.25) is 0 Å². The predicted octanol–water partition coefficient (Wildman–Crippen LogP) is 1.96. The van der Waals surface area contributed by atoms with Gasteiger partial charge in [-0.15, -0.1) is 0 Å². The molecule has 1 unspecified atom stereocenters. The number of hydrogen-bond donors (Lipinski definition) is 2. The lowest BCUT2D eigenvalue weighted by atomic mass is 10.1. The lowest BCUT2D eigenvalue weighted by molar-refractivity contribution is -0.139. The molecular formula is C13H15F2NO4. The van der Waals surface area contributed by atoms with Crippen molar-refractivity contribution >= 4 is 11.9 Å². The van der Waals surface area contributed by atoms with Crippen molar-refractivity contribution in [2.45, 2.75) is 25.8 Å². The number of carboxylic acid groups (broad SMARTS) is 1. The zero-order chi connectivity index (χ0) is 15.3. The van der Waals surface area contributed by atoms with Gasteiger partial charge in [0.05, 0.1) is 7.11 Å². The van der Waals surface area contributed by atoms with Crippen LogP contribution in [-0.4, -0.2) is 30.1 Å². The van der Waals surface area contributed by atoms with Gasteiger partial charge in [-0.05, 0) is 18.6 Å². The molecule has 0 bridgehead atoms. The molecule has 0 aliphatic carbocycles. The van der Waals surface area contributed by atoms with Gasteiger partial charge in [0.25, 0.3) is 5.91 Å². The molecule has 0 saturated carbocycles. The highest BCUT2D eigenvalue weighted by molar-refractivity contribution is 5.99. The fourth-order valence-corrected chi connectivity index (χ4v) is 1.72. The van der Waals surface area contributed by atoms with E-state index in [0.29, 0.717) is 6.42 Å². The Bertz CT molecular complexity index is 519. The standard InChI is InChI=1S/C13H15F2NO4/c1-3-4-9(13(18)19)16-12(17)10-7(14)5-6-8(15)11(10)20-2/h5-6,9H,3-4H2,1-2H3,(H,16,17)(H,18,19). The van der Waals surface area contributed by atoms with Crippen LogP contribution >= 0.6 is 0 Å². The van der Waals surface area contributed by atoms with Crippen molar-refractivity contribution in [1.82, 2.24) is 5.32 Å². The fourth-order valence-electron chi connectivity index (χ4n) is 1.72. The maximum atomic E-state index is 13.6. The Morgan fingerprint density at radius 1 is 1.35 bits per heavy atom. The Hall–Kier alpha value is -2.18. The number of benzene rings is 1. The van der Waals surface area contributed by atoms with Crippen LogP contribution in [-0.2, 0) is 4.79 Å². The number of methoxy groups -OCH3 is 1. The van der Waals surface area contributed by atoms with Gasteiger partial charge in [0, 0.05) is 0 Å². The number of aliphatic carboxylic acids is 1. The van der Waals surface area contributed by atoms with E-state index in [1.54, 1.807) is 6.92 Å². The van der Waals surface area contributed by atoms with Crippen LogP contribution in [0.15, 0.2) is 12.1 Å². The van der Waals surface area contributed by atoms with Crippen molar-refractivity contribution < 1.29 is 28.2 Å². The summed E-state index contributed by atoms with van der Waals surface area (Å²) in [5, 5.41) is 11.1. The number of carboxylic acids is 1. The summed E-state index contributed by atoms with van der Waals surface area (Å²) in [5.41, 5.74) is -0.644. The smallest absolute Gasteiger partial charge is 0.326 e. The summed E-state index contributed by atoms with van der Waals surface area (Å²) in [4.78, 5) is 22.9. The number of amides is 1. The molecule has 1 amide bonds. The van der Waals surface area contributed by atoms with E-state index >= 15 is 0 Å². The molecule has 0 fully saturated rings. The summed E-state index contributed by atoms with van der Waals surface area (Å²) in [6, 6.07) is 0.438. The van der Waals surface area contributed by atoms with Crippen molar-refractivity contribution in [3.05, 3.63) is 29.3 Å². The molecule has 1 rings (SSSR count). The molecule has 0 aromatic heterocycles. The SMILES string of the molecule is CCCC(NC(=O)c1c(F)ccc(F)c1OC)C(=O)O. The Balaban J connectivity index is 3.08. The van der Waals surface area contributed by atoms with Crippen LogP contribution < -0.4 is 10.1 Å². The fraction of sp³-hybridized carbons (Fsp3) is 0.385. The lowest BCUT2D eigenvalue weighted by Crippen LogP contribution is -2.41. The Morgan fingerprint density at radius 3 is 2.45 bits per heavy atom. The summed E-state index contributed by atoms with van der Waals surface area (Å²) < 4.78 is 31.8. The molecule has 0 saturated heterocycles. The minimum Gasteiger partial charge on any atom is -0.493 e. The molecule has 0 aliphatic heterocycles. The van der Waals surface area contributed by atoms with E-state index in [1.807, 2.05) is 0 Å². The molecule has 0 heterocycles. The zero-order valence-corrected chi connectivity index (χ0v) is 11.1. The Labute approximate surface area is 114 Å². The van der Waals surface area contributed by atoms with Crippen LogP contribution in [0.5, 0.6) is 5.75 Å². The highest BCUT2D eigenvalue weighted by atomic mass is 19.1. The maximum absolute atomic E-state index is 13.6.